The van der Waals surface area contributed by atoms with Gasteiger partial charge in [0.05, 0.1) is 24.3 Å². The summed E-state index contributed by atoms with van der Waals surface area (Å²) in [4.78, 5) is 0. The van der Waals surface area contributed by atoms with Crippen LogP contribution in [0.4, 0.5) is 0 Å². The number of aliphatic hydroxyl groups excluding tert-OH is 2. The molecule has 1 aromatic carbocycles. The van der Waals surface area contributed by atoms with E-state index in [0.717, 1.165) is 5.56 Å². The second kappa shape index (κ2) is 6.14. The first-order chi connectivity index (χ1) is 7.27. The fourth-order valence-corrected chi connectivity index (χ4v) is 1.22. The second-order valence-corrected chi connectivity index (χ2v) is 3.18. The van der Waals surface area contributed by atoms with Gasteiger partial charge in [-0.3, -0.25) is 0 Å². The highest BCUT2D eigenvalue weighted by atomic mass is 16.3. The van der Waals surface area contributed by atoms with Crippen LogP contribution in [0.25, 0.3) is 0 Å². The zero-order valence-electron chi connectivity index (χ0n) is 8.35. The first kappa shape index (κ1) is 11.7. The van der Waals surface area contributed by atoms with Crippen LogP contribution in [0.3, 0.4) is 0 Å². The Hall–Kier alpha value is -1.41. The molecule has 0 aliphatic carbocycles. The van der Waals surface area contributed by atoms with Crippen LogP contribution >= 0.6 is 0 Å². The maximum atomic E-state index is 9.68. The molecule has 80 valence electrons. The van der Waals surface area contributed by atoms with E-state index in [2.05, 4.69) is 5.32 Å². The first-order valence-electron chi connectivity index (χ1n) is 4.77. The summed E-state index contributed by atoms with van der Waals surface area (Å²) in [6, 6.07) is 8.81. The summed E-state index contributed by atoms with van der Waals surface area (Å²) >= 11 is 0. The van der Waals surface area contributed by atoms with Crippen molar-refractivity contribution in [3.63, 3.8) is 0 Å². The van der Waals surface area contributed by atoms with Crippen molar-refractivity contribution in [1.29, 1.82) is 5.26 Å². The van der Waals surface area contributed by atoms with Crippen LogP contribution in [0.15, 0.2) is 24.3 Å². The monoisotopic (exact) mass is 206 g/mol. The number of nitrogens with zero attached hydrogens (tertiary/aromatic N) is 1. The van der Waals surface area contributed by atoms with Crippen molar-refractivity contribution in [2.45, 2.75) is 6.10 Å². The molecule has 0 saturated heterocycles. The minimum atomic E-state index is -0.607. The van der Waals surface area contributed by atoms with Crippen LogP contribution < -0.4 is 5.32 Å². The van der Waals surface area contributed by atoms with Gasteiger partial charge in [-0.1, -0.05) is 12.1 Å². The van der Waals surface area contributed by atoms with E-state index in [-0.39, 0.29) is 6.61 Å². The number of hydrogen-bond donors (Lipinski definition) is 3. The van der Waals surface area contributed by atoms with Crippen LogP contribution in [0.5, 0.6) is 0 Å². The smallest absolute Gasteiger partial charge is 0.0991 e. The highest BCUT2D eigenvalue weighted by Gasteiger charge is 2.05. The summed E-state index contributed by atoms with van der Waals surface area (Å²) in [5.41, 5.74) is 1.34. The van der Waals surface area contributed by atoms with E-state index in [1.54, 1.807) is 24.3 Å². The van der Waals surface area contributed by atoms with Gasteiger partial charge in [0.25, 0.3) is 0 Å². The summed E-state index contributed by atoms with van der Waals surface area (Å²) in [7, 11) is 0. The molecule has 3 N–H and O–H groups in total. The third-order valence-corrected chi connectivity index (χ3v) is 2.05. The largest absolute Gasteiger partial charge is 0.395 e. The van der Waals surface area contributed by atoms with Gasteiger partial charge in [0.1, 0.15) is 0 Å². The summed E-state index contributed by atoms with van der Waals surface area (Å²) in [6.45, 7) is 0.917. The third-order valence-electron chi connectivity index (χ3n) is 2.05. The zero-order chi connectivity index (χ0) is 11.1. The molecule has 0 aromatic heterocycles. The Morgan fingerprint density at radius 3 is 2.53 bits per heavy atom. The molecule has 15 heavy (non-hydrogen) atoms. The first-order valence-corrected chi connectivity index (χ1v) is 4.77. The molecule has 0 aliphatic heterocycles. The van der Waals surface area contributed by atoms with E-state index in [1.807, 2.05) is 6.07 Å². The van der Waals surface area contributed by atoms with Gasteiger partial charge in [-0.05, 0) is 17.7 Å². The van der Waals surface area contributed by atoms with Crippen LogP contribution in [-0.2, 0) is 0 Å². The molecule has 1 rings (SSSR count). The van der Waals surface area contributed by atoms with Crippen LogP contribution in [0, 0.1) is 11.3 Å². The lowest BCUT2D eigenvalue weighted by Crippen LogP contribution is -2.24. The molecular formula is C11H14N2O2. The molecule has 1 unspecified atom stereocenters. The van der Waals surface area contributed by atoms with Crippen molar-refractivity contribution >= 4 is 0 Å². The fraction of sp³-hybridized carbons (Fsp3) is 0.364. The number of aliphatic hydroxyl groups is 2. The van der Waals surface area contributed by atoms with Gasteiger partial charge < -0.3 is 15.5 Å². The lowest BCUT2D eigenvalue weighted by Gasteiger charge is -2.11. The Morgan fingerprint density at radius 1 is 1.33 bits per heavy atom. The van der Waals surface area contributed by atoms with Crippen molar-refractivity contribution < 1.29 is 10.2 Å². The molecule has 0 spiro atoms. The molecule has 0 heterocycles. The molecule has 4 nitrogen and oxygen atoms in total. The van der Waals surface area contributed by atoms with Crippen LogP contribution in [0.2, 0.25) is 0 Å². The van der Waals surface area contributed by atoms with Crippen LogP contribution in [0.1, 0.15) is 17.2 Å². The van der Waals surface area contributed by atoms with E-state index >= 15 is 0 Å². The van der Waals surface area contributed by atoms with Crippen molar-refractivity contribution in [1.82, 2.24) is 5.32 Å². The minimum Gasteiger partial charge on any atom is -0.395 e. The van der Waals surface area contributed by atoms with E-state index < -0.39 is 6.10 Å². The summed E-state index contributed by atoms with van der Waals surface area (Å²) < 4.78 is 0. The van der Waals surface area contributed by atoms with E-state index in [0.29, 0.717) is 18.7 Å². The molecule has 0 aliphatic rings. The van der Waals surface area contributed by atoms with Gasteiger partial charge in [-0.15, -0.1) is 0 Å². The highest BCUT2D eigenvalue weighted by Crippen LogP contribution is 2.12. The molecule has 0 amide bonds. The number of hydrogen-bond acceptors (Lipinski definition) is 4. The van der Waals surface area contributed by atoms with Gasteiger partial charge in [-0.25, -0.2) is 0 Å². The molecule has 0 radical (unpaired) electrons. The number of nitrogens with one attached hydrogen (secondary N) is 1. The SMILES string of the molecule is N#Cc1ccc(C(O)CNCCO)cc1. The summed E-state index contributed by atoms with van der Waals surface area (Å²) in [5.74, 6) is 0. The Balaban J connectivity index is 2.51. The topological polar surface area (TPSA) is 76.3 Å². The third kappa shape index (κ3) is 3.68. The maximum Gasteiger partial charge on any atom is 0.0991 e. The quantitative estimate of drug-likeness (QED) is 0.600. The lowest BCUT2D eigenvalue weighted by atomic mass is 10.1. The van der Waals surface area contributed by atoms with Crippen molar-refractivity contribution in [3.05, 3.63) is 35.4 Å². The minimum absolute atomic E-state index is 0.0556. The number of rotatable bonds is 5. The van der Waals surface area contributed by atoms with Gasteiger partial charge in [0, 0.05) is 13.1 Å². The molecule has 1 aromatic rings. The van der Waals surface area contributed by atoms with Crippen molar-refractivity contribution in [3.8, 4) is 6.07 Å². The van der Waals surface area contributed by atoms with Crippen LogP contribution in [-0.4, -0.2) is 29.9 Å². The Labute approximate surface area is 88.8 Å². The Kier molecular flexibility index (Phi) is 4.78. The zero-order valence-corrected chi connectivity index (χ0v) is 8.35. The fourth-order valence-electron chi connectivity index (χ4n) is 1.22. The predicted molar refractivity (Wildman–Crippen MR) is 56.1 cm³/mol. The highest BCUT2D eigenvalue weighted by molar-refractivity contribution is 5.32. The molecule has 0 saturated carbocycles. The molecule has 0 fully saturated rings. The number of nitriles is 1. The standard InChI is InChI=1S/C11H14N2O2/c12-7-9-1-3-10(4-2-9)11(15)8-13-5-6-14/h1-4,11,13-15H,5-6,8H2. The summed E-state index contributed by atoms with van der Waals surface area (Å²) in [6.07, 6.45) is -0.607. The average molecular weight is 206 g/mol. The predicted octanol–water partition coefficient (Wildman–Crippen LogP) is 0.174. The Bertz CT molecular complexity index is 329. The van der Waals surface area contributed by atoms with E-state index in [9.17, 15) is 5.11 Å². The van der Waals surface area contributed by atoms with E-state index in [1.165, 1.54) is 0 Å². The van der Waals surface area contributed by atoms with Gasteiger partial charge in [0.2, 0.25) is 0 Å². The van der Waals surface area contributed by atoms with Gasteiger partial charge in [-0.2, -0.15) is 5.26 Å². The molecule has 1 atom stereocenters. The molecular weight excluding hydrogens is 192 g/mol. The summed E-state index contributed by atoms with van der Waals surface area (Å²) in [5, 5.41) is 29.7. The Morgan fingerprint density at radius 2 is 2.00 bits per heavy atom. The molecule has 4 heteroatoms. The average Bonchev–Trinajstić information content (AvgIpc) is 2.29. The van der Waals surface area contributed by atoms with Crippen molar-refractivity contribution in [2.75, 3.05) is 19.7 Å². The van der Waals surface area contributed by atoms with Gasteiger partial charge >= 0.3 is 0 Å². The number of benzene rings is 1. The lowest BCUT2D eigenvalue weighted by molar-refractivity contribution is 0.171. The van der Waals surface area contributed by atoms with Crippen molar-refractivity contribution in [2.24, 2.45) is 0 Å². The maximum absolute atomic E-state index is 9.68. The molecule has 0 bridgehead atoms. The van der Waals surface area contributed by atoms with Gasteiger partial charge in [0.15, 0.2) is 0 Å². The second-order valence-electron chi connectivity index (χ2n) is 3.18. The van der Waals surface area contributed by atoms with E-state index in [4.69, 9.17) is 10.4 Å². The normalized spacial score (nSPS) is 12.1.